The second-order valence-electron chi connectivity index (χ2n) is 2.60. The van der Waals surface area contributed by atoms with Gasteiger partial charge in [0, 0.05) is 15.1 Å². The third-order valence-electron chi connectivity index (χ3n) is 1.65. The first-order chi connectivity index (χ1) is 6.54. The summed E-state index contributed by atoms with van der Waals surface area (Å²) in [5.41, 5.74) is 0.251. The van der Waals surface area contributed by atoms with Crippen molar-refractivity contribution in [3.05, 3.63) is 33.0 Å². The average Bonchev–Trinajstić information content (AvgIpc) is 2.10. The Bertz CT molecular complexity index is 345. The van der Waals surface area contributed by atoms with Crippen molar-refractivity contribution in [3.8, 4) is 0 Å². The van der Waals surface area contributed by atoms with Gasteiger partial charge in [-0.05, 0) is 12.1 Å². The van der Waals surface area contributed by atoms with Gasteiger partial charge in [-0.3, -0.25) is 4.79 Å². The highest BCUT2D eigenvalue weighted by molar-refractivity contribution is 9.10. The predicted octanol–water partition coefficient (Wildman–Crippen LogP) is 2.96. The molecule has 0 radical (unpaired) electrons. The number of methoxy groups -OCH3 is 1. The van der Waals surface area contributed by atoms with E-state index in [1.165, 1.54) is 13.2 Å². The Balaban J connectivity index is 3.02. The molecule has 0 aromatic heterocycles. The van der Waals surface area contributed by atoms with Gasteiger partial charge < -0.3 is 4.74 Å². The number of carbonyl (C=O) groups excluding carboxylic acids is 1. The highest BCUT2D eigenvalue weighted by Crippen LogP contribution is 2.25. The molecule has 1 aromatic rings. The van der Waals surface area contributed by atoms with Crippen molar-refractivity contribution in [2.75, 3.05) is 7.11 Å². The highest BCUT2D eigenvalue weighted by atomic mass is 79.9. The number of carbonyl (C=O) groups is 1. The molecule has 0 atom stereocenters. The van der Waals surface area contributed by atoms with Gasteiger partial charge in [-0.15, -0.1) is 0 Å². The van der Waals surface area contributed by atoms with Crippen LogP contribution >= 0.6 is 27.5 Å². The first-order valence-electron chi connectivity index (χ1n) is 3.75. The zero-order chi connectivity index (χ0) is 10.7. The van der Waals surface area contributed by atoms with Crippen LogP contribution in [-0.2, 0) is 16.0 Å². The van der Waals surface area contributed by atoms with Gasteiger partial charge in [-0.2, -0.15) is 0 Å². The number of esters is 1. The van der Waals surface area contributed by atoms with E-state index in [2.05, 4.69) is 20.7 Å². The number of benzene rings is 1. The van der Waals surface area contributed by atoms with Crippen molar-refractivity contribution in [2.45, 2.75) is 6.42 Å². The minimum absolute atomic E-state index is 0.111. The molecule has 0 bridgehead atoms. The van der Waals surface area contributed by atoms with Crippen molar-refractivity contribution in [1.29, 1.82) is 0 Å². The lowest BCUT2D eigenvalue weighted by Gasteiger charge is -2.05. The number of hydrogen-bond donors (Lipinski definition) is 0. The molecule has 0 fully saturated rings. The molecule has 0 aliphatic carbocycles. The Kier molecular flexibility index (Phi) is 3.89. The first-order valence-corrected chi connectivity index (χ1v) is 4.92. The van der Waals surface area contributed by atoms with Crippen molar-refractivity contribution in [1.82, 2.24) is 0 Å². The Labute approximate surface area is 94.1 Å². The molecule has 0 saturated carbocycles. The summed E-state index contributed by atoms with van der Waals surface area (Å²) >= 11 is 8.73. The Hall–Kier alpha value is -0.610. The van der Waals surface area contributed by atoms with Crippen LogP contribution in [0.15, 0.2) is 16.6 Å². The topological polar surface area (TPSA) is 26.3 Å². The van der Waals surface area contributed by atoms with Crippen molar-refractivity contribution >= 4 is 33.5 Å². The van der Waals surface area contributed by atoms with Crippen LogP contribution in [0.25, 0.3) is 0 Å². The number of rotatable bonds is 2. The van der Waals surface area contributed by atoms with Crippen LogP contribution in [0.4, 0.5) is 4.39 Å². The predicted molar refractivity (Wildman–Crippen MR) is 54.8 cm³/mol. The van der Waals surface area contributed by atoms with E-state index >= 15 is 0 Å². The van der Waals surface area contributed by atoms with Crippen LogP contribution in [0.3, 0.4) is 0 Å². The van der Waals surface area contributed by atoms with Gasteiger partial charge in [0.05, 0.1) is 13.5 Å². The summed E-state index contributed by atoms with van der Waals surface area (Å²) in [5.74, 6) is -1.01. The third kappa shape index (κ3) is 2.69. The van der Waals surface area contributed by atoms with E-state index in [0.29, 0.717) is 4.47 Å². The van der Waals surface area contributed by atoms with Crippen LogP contribution in [-0.4, -0.2) is 13.1 Å². The maximum absolute atomic E-state index is 13.3. The molecule has 0 saturated heterocycles. The second kappa shape index (κ2) is 4.75. The first kappa shape index (κ1) is 11.5. The summed E-state index contributed by atoms with van der Waals surface area (Å²) in [7, 11) is 1.25. The lowest BCUT2D eigenvalue weighted by atomic mass is 10.1. The van der Waals surface area contributed by atoms with E-state index in [0.717, 1.165) is 6.07 Å². The van der Waals surface area contributed by atoms with Crippen molar-refractivity contribution in [2.24, 2.45) is 0 Å². The maximum Gasteiger partial charge on any atom is 0.310 e. The smallest absolute Gasteiger partial charge is 0.310 e. The van der Waals surface area contributed by atoms with E-state index < -0.39 is 11.8 Å². The molecule has 0 amide bonds. The summed E-state index contributed by atoms with van der Waals surface area (Å²) in [5, 5.41) is 0.281. The molecular weight excluding hydrogens is 274 g/mol. The summed E-state index contributed by atoms with van der Waals surface area (Å²) < 4.78 is 18.2. The van der Waals surface area contributed by atoms with Gasteiger partial charge in [0.2, 0.25) is 0 Å². The Morgan fingerprint density at radius 2 is 2.29 bits per heavy atom. The molecule has 14 heavy (non-hydrogen) atoms. The summed E-state index contributed by atoms with van der Waals surface area (Å²) in [6.07, 6.45) is -0.111. The van der Waals surface area contributed by atoms with Crippen LogP contribution in [0.5, 0.6) is 0 Å². The van der Waals surface area contributed by atoms with Crippen molar-refractivity contribution < 1.29 is 13.9 Å². The molecule has 0 spiro atoms. The van der Waals surface area contributed by atoms with E-state index in [-0.39, 0.29) is 17.0 Å². The lowest BCUT2D eigenvalue weighted by molar-refractivity contribution is -0.139. The van der Waals surface area contributed by atoms with Gasteiger partial charge in [-0.25, -0.2) is 4.39 Å². The standard InChI is InChI=1S/C9H7BrClFO2/c1-14-9(13)4-6-7(10)2-5(11)3-8(6)12/h2-3H,4H2,1H3. The fourth-order valence-electron chi connectivity index (χ4n) is 0.957. The van der Waals surface area contributed by atoms with E-state index in [4.69, 9.17) is 11.6 Å². The molecule has 2 nitrogen and oxygen atoms in total. The Morgan fingerprint density at radius 3 is 2.79 bits per heavy atom. The van der Waals surface area contributed by atoms with Gasteiger partial charge in [0.25, 0.3) is 0 Å². The molecule has 5 heteroatoms. The van der Waals surface area contributed by atoms with E-state index in [9.17, 15) is 9.18 Å². The monoisotopic (exact) mass is 280 g/mol. The van der Waals surface area contributed by atoms with Crippen LogP contribution < -0.4 is 0 Å². The van der Waals surface area contributed by atoms with Gasteiger partial charge in [0.1, 0.15) is 5.82 Å². The molecular formula is C9H7BrClFO2. The normalized spacial score (nSPS) is 10.0. The van der Waals surface area contributed by atoms with Gasteiger partial charge in [-0.1, -0.05) is 27.5 Å². The summed E-state index contributed by atoms with van der Waals surface area (Å²) in [6.45, 7) is 0. The second-order valence-corrected chi connectivity index (χ2v) is 3.89. The number of ether oxygens (including phenoxy) is 1. The maximum atomic E-state index is 13.3. The third-order valence-corrected chi connectivity index (χ3v) is 2.58. The molecule has 1 rings (SSSR count). The zero-order valence-electron chi connectivity index (χ0n) is 7.31. The molecule has 0 unspecified atom stereocenters. The molecule has 0 aliphatic heterocycles. The average molecular weight is 282 g/mol. The molecule has 1 aromatic carbocycles. The SMILES string of the molecule is COC(=O)Cc1c(F)cc(Cl)cc1Br. The fourth-order valence-corrected chi connectivity index (χ4v) is 1.87. The summed E-state index contributed by atoms with van der Waals surface area (Å²) in [4.78, 5) is 10.9. The molecule has 0 heterocycles. The summed E-state index contributed by atoms with van der Waals surface area (Å²) in [6, 6.07) is 2.69. The van der Waals surface area contributed by atoms with Crippen LogP contribution in [0.1, 0.15) is 5.56 Å². The van der Waals surface area contributed by atoms with Crippen LogP contribution in [0, 0.1) is 5.82 Å². The lowest BCUT2D eigenvalue weighted by Crippen LogP contribution is -2.06. The van der Waals surface area contributed by atoms with Crippen molar-refractivity contribution in [3.63, 3.8) is 0 Å². The quantitative estimate of drug-likeness (QED) is 0.779. The van der Waals surface area contributed by atoms with E-state index in [1.54, 1.807) is 0 Å². The largest absolute Gasteiger partial charge is 0.469 e. The van der Waals surface area contributed by atoms with E-state index in [1.807, 2.05) is 0 Å². The minimum atomic E-state index is -0.519. The fraction of sp³-hybridized carbons (Fsp3) is 0.222. The van der Waals surface area contributed by atoms with Crippen LogP contribution in [0.2, 0.25) is 5.02 Å². The zero-order valence-corrected chi connectivity index (χ0v) is 9.65. The van der Waals surface area contributed by atoms with Gasteiger partial charge in [0.15, 0.2) is 0 Å². The molecule has 76 valence electrons. The minimum Gasteiger partial charge on any atom is -0.469 e. The number of hydrogen-bond acceptors (Lipinski definition) is 2. The molecule has 0 aliphatic rings. The van der Waals surface area contributed by atoms with Gasteiger partial charge >= 0.3 is 5.97 Å². The Morgan fingerprint density at radius 1 is 1.64 bits per heavy atom. The number of halogens is 3. The molecule has 0 N–H and O–H groups in total. The highest BCUT2D eigenvalue weighted by Gasteiger charge is 2.12.